The number of hydrogen-bond donors (Lipinski definition) is 2. The molecule has 0 bridgehead atoms. The van der Waals surface area contributed by atoms with E-state index < -0.39 is 0 Å². The summed E-state index contributed by atoms with van der Waals surface area (Å²) in [6.07, 6.45) is 0.987. The van der Waals surface area contributed by atoms with Crippen molar-refractivity contribution >= 4 is 23.0 Å². The van der Waals surface area contributed by atoms with Crippen molar-refractivity contribution in [1.82, 2.24) is 10.2 Å². The fraction of sp³-hybridized carbons (Fsp3) is 0.312. The van der Waals surface area contributed by atoms with E-state index in [1.807, 2.05) is 50.0 Å². The third-order valence-corrected chi connectivity index (χ3v) is 3.77. The van der Waals surface area contributed by atoms with Crippen molar-refractivity contribution < 1.29 is 4.79 Å². The summed E-state index contributed by atoms with van der Waals surface area (Å²) in [6, 6.07) is 7.48. The van der Waals surface area contributed by atoms with Gasteiger partial charge in [0.2, 0.25) is 0 Å². The van der Waals surface area contributed by atoms with Crippen LogP contribution in [-0.4, -0.2) is 28.4 Å². The Morgan fingerprint density at radius 1 is 1.23 bits per heavy atom. The van der Waals surface area contributed by atoms with Gasteiger partial charge in [-0.2, -0.15) is 10.2 Å². The van der Waals surface area contributed by atoms with E-state index in [-0.39, 0.29) is 5.91 Å². The Labute approximate surface area is 129 Å². The maximum atomic E-state index is 12.3. The molecule has 0 unspecified atom stereocenters. The first-order valence-electron chi connectivity index (χ1n) is 7.29. The minimum Gasteiger partial charge on any atom is -0.319 e. The molecule has 0 saturated carbocycles. The number of anilines is 2. The Balaban J connectivity index is 1.74. The number of aromatic amines is 1. The molecule has 0 radical (unpaired) electrons. The number of aryl methyl sites for hydroxylation is 2. The monoisotopic (exact) mass is 297 g/mol. The van der Waals surface area contributed by atoms with E-state index in [9.17, 15) is 4.79 Å². The highest BCUT2D eigenvalue weighted by atomic mass is 16.1. The molecule has 1 aliphatic heterocycles. The van der Waals surface area contributed by atoms with Gasteiger partial charge < -0.3 is 5.32 Å². The molecule has 6 nitrogen and oxygen atoms in total. The maximum Gasteiger partial charge on any atom is 0.255 e. The minimum atomic E-state index is -0.139. The van der Waals surface area contributed by atoms with Crippen LogP contribution in [0.5, 0.6) is 0 Å². The summed E-state index contributed by atoms with van der Waals surface area (Å²) in [5.74, 6) is -0.139. The lowest BCUT2D eigenvalue weighted by atomic mass is 10.2. The van der Waals surface area contributed by atoms with E-state index in [4.69, 9.17) is 0 Å². The normalized spacial score (nSPS) is 14.1. The predicted molar refractivity (Wildman–Crippen MR) is 87.5 cm³/mol. The third kappa shape index (κ3) is 2.72. The molecule has 3 rings (SSSR count). The van der Waals surface area contributed by atoms with Crippen molar-refractivity contribution in [3.8, 4) is 0 Å². The molecule has 114 valence electrons. The zero-order chi connectivity index (χ0) is 15.7. The number of rotatable bonds is 3. The maximum absolute atomic E-state index is 12.3. The van der Waals surface area contributed by atoms with Crippen LogP contribution in [0.4, 0.5) is 11.4 Å². The molecule has 0 atom stereocenters. The number of hydrazone groups is 1. The van der Waals surface area contributed by atoms with E-state index in [1.54, 1.807) is 0 Å². The van der Waals surface area contributed by atoms with Crippen LogP contribution in [0, 0.1) is 13.8 Å². The second-order valence-electron chi connectivity index (χ2n) is 5.52. The van der Waals surface area contributed by atoms with Crippen molar-refractivity contribution in [2.24, 2.45) is 5.10 Å². The van der Waals surface area contributed by atoms with E-state index in [1.165, 1.54) is 0 Å². The molecule has 1 amide bonds. The van der Waals surface area contributed by atoms with E-state index >= 15 is 0 Å². The SMILES string of the molecule is CC1=NN(c2ccc(C(=O)Nc3c(C)n[nH]c3C)cc2)CC1. The first-order valence-corrected chi connectivity index (χ1v) is 7.29. The number of carbonyl (C=O) groups is 1. The lowest BCUT2D eigenvalue weighted by Crippen LogP contribution is -2.14. The second kappa shape index (κ2) is 5.63. The van der Waals surface area contributed by atoms with Gasteiger partial charge in [-0.1, -0.05) is 0 Å². The van der Waals surface area contributed by atoms with Crippen LogP contribution >= 0.6 is 0 Å². The van der Waals surface area contributed by atoms with Crippen molar-refractivity contribution in [3.63, 3.8) is 0 Å². The average molecular weight is 297 g/mol. The standard InChI is InChI=1S/C16H19N5O/c1-10-8-9-21(20-10)14-6-4-13(5-7-14)16(22)17-15-11(2)18-19-12(15)3/h4-7H,8-9H2,1-3H3,(H,17,22)(H,18,19). The van der Waals surface area contributed by atoms with E-state index in [2.05, 4.69) is 20.6 Å². The zero-order valence-electron chi connectivity index (χ0n) is 13.0. The highest BCUT2D eigenvalue weighted by Crippen LogP contribution is 2.21. The van der Waals surface area contributed by atoms with Crippen LogP contribution in [0.1, 0.15) is 35.1 Å². The van der Waals surface area contributed by atoms with Crippen LogP contribution < -0.4 is 10.3 Å². The summed E-state index contributed by atoms with van der Waals surface area (Å²) in [6.45, 7) is 6.66. The van der Waals surface area contributed by atoms with Crippen molar-refractivity contribution in [2.45, 2.75) is 27.2 Å². The summed E-state index contributed by atoms with van der Waals surface area (Å²) in [5, 5.41) is 16.2. The zero-order valence-corrected chi connectivity index (χ0v) is 13.0. The van der Waals surface area contributed by atoms with Crippen molar-refractivity contribution in [3.05, 3.63) is 41.2 Å². The van der Waals surface area contributed by atoms with Gasteiger partial charge in [-0.05, 0) is 45.0 Å². The summed E-state index contributed by atoms with van der Waals surface area (Å²) >= 11 is 0. The van der Waals surface area contributed by atoms with Crippen LogP contribution in [0.15, 0.2) is 29.4 Å². The molecular weight excluding hydrogens is 278 g/mol. The van der Waals surface area contributed by atoms with Gasteiger partial charge in [0.05, 0.1) is 22.8 Å². The average Bonchev–Trinajstić information content (AvgIpc) is 3.08. The summed E-state index contributed by atoms with van der Waals surface area (Å²) in [5.41, 5.74) is 5.13. The second-order valence-corrected chi connectivity index (χ2v) is 5.52. The number of aromatic nitrogens is 2. The Hall–Kier alpha value is -2.63. The van der Waals surface area contributed by atoms with E-state index in [0.29, 0.717) is 5.56 Å². The Morgan fingerprint density at radius 2 is 1.95 bits per heavy atom. The molecule has 0 saturated heterocycles. The van der Waals surface area contributed by atoms with Gasteiger partial charge in [0.15, 0.2) is 0 Å². The summed E-state index contributed by atoms with van der Waals surface area (Å²) in [7, 11) is 0. The highest BCUT2D eigenvalue weighted by Gasteiger charge is 2.15. The van der Waals surface area contributed by atoms with Gasteiger partial charge in [0, 0.05) is 24.2 Å². The van der Waals surface area contributed by atoms with Gasteiger partial charge in [0.25, 0.3) is 5.91 Å². The molecule has 1 aromatic heterocycles. The van der Waals surface area contributed by atoms with Crippen LogP contribution in [-0.2, 0) is 0 Å². The number of carbonyl (C=O) groups excluding carboxylic acids is 1. The largest absolute Gasteiger partial charge is 0.319 e. The van der Waals surface area contributed by atoms with Crippen molar-refractivity contribution in [1.29, 1.82) is 0 Å². The number of benzene rings is 1. The summed E-state index contributed by atoms with van der Waals surface area (Å²) in [4.78, 5) is 12.3. The molecule has 2 heterocycles. The van der Waals surface area contributed by atoms with Gasteiger partial charge in [-0.25, -0.2) is 0 Å². The number of H-pyrrole nitrogens is 1. The quantitative estimate of drug-likeness (QED) is 0.915. The Morgan fingerprint density at radius 3 is 2.50 bits per heavy atom. The molecule has 2 aromatic rings. The number of amides is 1. The first kappa shape index (κ1) is 14.3. The van der Waals surface area contributed by atoms with Crippen LogP contribution in [0.25, 0.3) is 0 Å². The van der Waals surface area contributed by atoms with Crippen LogP contribution in [0.2, 0.25) is 0 Å². The molecule has 1 aliphatic rings. The molecule has 22 heavy (non-hydrogen) atoms. The third-order valence-electron chi connectivity index (χ3n) is 3.77. The molecular formula is C16H19N5O. The van der Waals surface area contributed by atoms with Crippen LogP contribution in [0.3, 0.4) is 0 Å². The number of nitrogens with zero attached hydrogens (tertiary/aromatic N) is 3. The van der Waals surface area contributed by atoms with Gasteiger partial charge in [-0.15, -0.1) is 0 Å². The molecule has 1 aromatic carbocycles. The molecule has 6 heteroatoms. The molecule has 0 aliphatic carbocycles. The topological polar surface area (TPSA) is 73.4 Å². The van der Waals surface area contributed by atoms with Crippen molar-refractivity contribution in [2.75, 3.05) is 16.9 Å². The molecule has 0 spiro atoms. The summed E-state index contributed by atoms with van der Waals surface area (Å²) < 4.78 is 0. The number of hydrogen-bond acceptors (Lipinski definition) is 4. The smallest absolute Gasteiger partial charge is 0.255 e. The lowest BCUT2D eigenvalue weighted by molar-refractivity contribution is 0.102. The first-order chi connectivity index (χ1) is 10.5. The predicted octanol–water partition coefficient (Wildman–Crippen LogP) is 2.86. The Kier molecular flexibility index (Phi) is 3.66. The van der Waals surface area contributed by atoms with Gasteiger partial charge in [-0.3, -0.25) is 14.9 Å². The lowest BCUT2D eigenvalue weighted by Gasteiger charge is -2.14. The molecule has 0 fully saturated rings. The fourth-order valence-corrected chi connectivity index (χ4v) is 2.47. The fourth-order valence-electron chi connectivity index (χ4n) is 2.47. The van der Waals surface area contributed by atoms with E-state index in [0.717, 1.165) is 41.4 Å². The number of nitrogens with one attached hydrogen (secondary N) is 2. The van der Waals surface area contributed by atoms with Gasteiger partial charge >= 0.3 is 0 Å². The highest BCUT2D eigenvalue weighted by molar-refractivity contribution is 6.05. The molecule has 2 N–H and O–H groups in total. The minimum absolute atomic E-state index is 0.139. The van der Waals surface area contributed by atoms with Gasteiger partial charge in [0.1, 0.15) is 0 Å². The Bertz CT molecular complexity index is 710.